The van der Waals surface area contributed by atoms with Crippen molar-refractivity contribution >= 4 is 31.9 Å². The topological polar surface area (TPSA) is 80.2 Å². The Morgan fingerprint density at radius 2 is 1.30 bits per heavy atom. The lowest BCUT2D eigenvalue weighted by atomic mass is 9.92. The van der Waals surface area contributed by atoms with E-state index >= 15 is 0 Å². The second kappa shape index (κ2) is 7.02. The lowest BCUT2D eigenvalue weighted by Gasteiger charge is -2.17. The molecule has 5 nitrogen and oxygen atoms in total. The lowest BCUT2D eigenvalue weighted by Crippen LogP contribution is -2.07. The van der Waals surface area contributed by atoms with E-state index in [1.807, 2.05) is 84.9 Å². The molecule has 0 bridgehead atoms. The lowest BCUT2D eigenvalue weighted by molar-refractivity contribution is 0.480. The molecule has 2 aromatic heterocycles. The third kappa shape index (κ3) is 3.03. The summed E-state index contributed by atoms with van der Waals surface area (Å²) in [5, 5.41) is 1.22. The molecule has 0 unspecified atom stereocenters. The van der Waals surface area contributed by atoms with Crippen molar-refractivity contribution in [2.45, 2.75) is 5.03 Å². The molecule has 0 fully saturated rings. The van der Waals surface area contributed by atoms with Crippen molar-refractivity contribution in [3.8, 4) is 22.3 Å². The normalized spacial score (nSPS) is 11.8. The van der Waals surface area contributed by atoms with Gasteiger partial charge in [0.1, 0.15) is 0 Å². The molecule has 2 heterocycles. The standard InChI is InChI=1S/C24H16N2O3S/c27-30(28,29)24-21(17-10-5-2-6-11-17)20(16-8-3-1-4-9-16)19-14-13-18-12-7-15-25-22(18)23(19)26-24/h1-15H,(H,27,28,29). The molecule has 1 N–H and O–H groups in total. The summed E-state index contributed by atoms with van der Waals surface area (Å²) in [5.41, 5.74) is 3.54. The Morgan fingerprint density at radius 3 is 1.93 bits per heavy atom. The van der Waals surface area contributed by atoms with E-state index in [2.05, 4.69) is 9.97 Å². The number of fused-ring (bicyclic) bond motifs is 3. The number of rotatable bonds is 3. The Bertz CT molecular complexity index is 1500. The van der Waals surface area contributed by atoms with Crippen molar-refractivity contribution in [2.24, 2.45) is 0 Å². The van der Waals surface area contributed by atoms with Crippen LogP contribution in [0.4, 0.5) is 0 Å². The predicted molar refractivity (Wildman–Crippen MR) is 118 cm³/mol. The van der Waals surface area contributed by atoms with E-state index in [1.54, 1.807) is 6.20 Å². The van der Waals surface area contributed by atoms with Gasteiger partial charge < -0.3 is 0 Å². The van der Waals surface area contributed by atoms with Gasteiger partial charge in [0.15, 0.2) is 5.03 Å². The fraction of sp³-hybridized carbons (Fsp3) is 0. The molecule has 0 amide bonds. The van der Waals surface area contributed by atoms with E-state index in [9.17, 15) is 13.0 Å². The van der Waals surface area contributed by atoms with Crippen LogP contribution in [0, 0.1) is 0 Å². The molecule has 146 valence electrons. The summed E-state index contributed by atoms with van der Waals surface area (Å²) in [6, 6.07) is 26.2. The first-order valence-corrected chi connectivity index (χ1v) is 10.8. The van der Waals surface area contributed by atoms with Crippen LogP contribution in [0.25, 0.3) is 44.1 Å². The molecule has 5 rings (SSSR count). The Hall–Kier alpha value is -3.61. The first-order valence-electron chi connectivity index (χ1n) is 9.34. The highest BCUT2D eigenvalue weighted by Crippen LogP contribution is 2.42. The summed E-state index contributed by atoms with van der Waals surface area (Å²) in [7, 11) is -4.61. The third-order valence-electron chi connectivity index (χ3n) is 5.06. The molecule has 5 aromatic rings. The Labute approximate surface area is 173 Å². The van der Waals surface area contributed by atoms with Crippen LogP contribution in [-0.4, -0.2) is 22.9 Å². The van der Waals surface area contributed by atoms with Gasteiger partial charge in [0, 0.05) is 28.1 Å². The van der Waals surface area contributed by atoms with Crippen molar-refractivity contribution in [1.29, 1.82) is 0 Å². The molecule has 0 atom stereocenters. The van der Waals surface area contributed by atoms with Crippen LogP contribution >= 0.6 is 0 Å². The smallest absolute Gasteiger partial charge is 0.281 e. The Kier molecular flexibility index (Phi) is 4.31. The van der Waals surface area contributed by atoms with Gasteiger partial charge in [-0.25, -0.2) is 4.98 Å². The van der Waals surface area contributed by atoms with Gasteiger partial charge in [-0.15, -0.1) is 0 Å². The zero-order valence-corrected chi connectivity index (χ0v) is 16.5. The minimum absolute atomic E-state index is 0.368. The highest BCUT2D eigenvalue weighted by atomic mass is 32.2. The molecule has 0 radical (unpaired) electrons. The van der Waals surface area contributed by atoms with Gasteiger partial charge in [0.25, 0.3) is 0 Å². The summed E-state index contributed by atoms with van der Waals surface area (Å²) in [4.78, 5) is 8.87. The number of hydrogen-bond donors (Lipinski definition) is 1. The maximum absolute atomic E-state index is 12.5. The van der Waals surface area contributed by atoms with Crippen LogP contribution in [0.2, 0.25) is 0 Å². The van der Waals surface area contributed by atoms with Crippen molar-refractivity contribution in [3.63, 3.8) is 0 Å². The van der Waals surface area contributed by atoms with Gasteiger partial charge in [-0.2, -0.15) is 8.42 Å². The van der Waals surface area contributed by atoms with Crippen LogP contribution in [-0.2, 0) is 10.1 Å². The average molecular weight is 412 g/mol. The molecular formula is C24H16N2O3S. The molecule has 0 aliphatic heterocycles. The van der Waals surface area contributed by atoms with Gasteiger partial charge >= 0.3 is 10.1 Å². The highest BCUT2D eigenvalue weighted by molar-refractivity contribution is 7.85. The second-order valence-corrected chi connectivity index (χ2v) is 8.25. The van der Waals surface area contributed by atoms with Gasteiger partial charge in [0.2, 0.25) is 0 Å². The summed E-state index contributed by atoms with van der Waals surface area (Å²) >= 11 is 0. The van der Waals surface area contributed by atoms with Gasteiger partial charge in [-0.05, 0) is 17.2 Å². The van der Waals surface area contributed by atoms with Gasteiger partial charge in [-0.1, -0.05) is 78.9 Å². The first-order chi connectivity index (χ1) is 14.5. The van der Waals surface area contributed by atoms with Crippen LogP contribution < -0.4 is 0 Å². The van der Waals surface area contributed by atoms with Crippen molar-refractivity contribution in [3.05, 3.63) is 91.1 Å². The Balaban J connectivity index is 2.07. The second-order valence-electron chi connectivity index (χ2n) is 6.91. The van der Waals surface area contributed by atoms with E-state index in [0.717, 1.165) is 16.3 Å². The predicted octanol–water partition coefficient (Wildman–Crippen LogP) is 5.36. The average Bonchev–Trinajstić information content (AvgIpc) is 2.78. The third-order valence-corrected chi connectivity index (χ3v) is 5.85. The fourth-order valence-electron chi connectivity index (χ4n) is 3.81. The number of hydrogen-bond acceptors (Lipinski definition) is 4. The van der Waals surface area contributed by atoms with Crippen LogP contribution in [0.5, 0.6) is 0 Å². The van der Waals surface area contributed by atoms with E-state index < -0.39 is 10.1 Å². The summed E-state index contributed by atoms with van der Waals surface area (Å²) in [5.74, 6) is 0. The minimum Gasteiger partial charge on any atom is -0.281 e. The number of nitrogens with zero attached hydrogens (tertiary/aromatic N) is 2. The van der Waals surface area contributed by atoms with Gasteiger partial charge in [-0.3, -0.25) is 9.54 Å². The molecule has 6 heteroatoms. The zero-order chi connectivity index (χ0) is 20.7. The van der Waals surface area contributed by atoms with Crippen LogP contribution in [0.3, 0.4) is 0 Å². The number of pyridine rings is 2. The molecule has 30 heavy (non-hydrogen) atoms. The van der Waals surface area contributed by atoms with E-state index in [4.69, 9.17) is 0 Å². The zero-order valence-electron chi connectivity index (χ0n) is 15.7. The number of benzene rings is 3. The Morgan fingerprint density at radius 1 is 0.667 bits per heavy atom. The maximum Gasteiger partial charge on any atom is 0.312 e. The highest BCUT2D eigenvalue weighted by Gasteiger charge is 2.26. The molecular weight excluding hydrogens is 396 g/mol. The van der Waals surface area contributed by atoms with Crippen LogP contribution in [0.1, 0.15) is 0 Å². The minimum atomic E-state index is -4.61. The van der Waals surface area contributed by atoms with Crippen molar-refractivity contribution < 1.29 is 13.0 Å². The van der Waals surface area contributed by atoms with Crippen molar-refractivity contribution in [2.75, 3.05) is 0 Å². The maximum atomic E-state index is 12.5. The molecule has 0 aliphatic rings. The van der Waals surface area contributed by atoms with E-state index in [1.165, 1.54) is 0 Å². The summed E-state index contributed by atoms with van der Waals surface area (Å²) < 4.78 is 35.0. The fourth-order valence-corrected chi connectivity index (χ4v) is 4.49. The summed E-state index contributed by atoms with van der Waals surface area (Å²) in [6.45, 7) is 0. The quantitative estimate of drug-likeness (QED) is 0.319. The molecule has 3 aromatic carbocycles. The van der Waals surface area contributed by atoms with E-state index in [-0.39, 0.29) is 5.03 Å². The molecule has 0 saturated carbocycles. The largest absolute Gasteiger partial charge is 0.312 e. The first kappa shape index (κ1) is 18.4. The van der Waals surface area contributed by atoms with Gasteiger partial charge in [0.05, 0.1) is 11.0 Å². The van der Waals surface area contributed by atoms with E-state index in [0.29, 0.717) is 27.7 Å². The summed E-state index contributed by atoms with van der Waals surface area (Å²) in [6.07, 6.45) is 1.64. The van der Waals surface area contributed by atoms with Crippen LogP contribution in [0.15, 0.2) is 96.2 Å². The number of aromatic nitrogens is 2. The van der Waals surface area contributed by atoms with Crippen molar-refractivity contribution in [1.82, 2.24) is 9.97 Å². The monoisotopic (exact) mass is 412 g/mol. The molecule has 0 spiro atoms. The molecule has 0 aliphatic carbocycles. The SMILES string of the molecule is O=S(=O)(O)c1nc2c(ccc3cccnc32)c(-c2ccccc2)c1-c1ccccc1. The molecule has 0 saturated heterocycles.